The van der Waals surface area contributed by atoms with E-state index in [1.807, 2.05) is 14.1 Å². The Balaban J connectivity index is 1.61. The van der Waals surface area contributed by atoms with Crippen LogP contribution in [0.25, 0.3) is 10.2 Å². The molecule has 4 rings (SSSR count). The van der Waals surface area contributed by atoms with Gasteiger partial charge in [0, 0.05) is 19.6 Å². The summed E-state index contributed by atoms with van der Waals surface area (Å²) in [6.45, 7) is 6.21. The van der Waals surface area contributed by atoms with Crippen LogP contribution in [0.1, 0.15) is 30.4 Å². The van der Waals surface area contributed by atoms with E-state index in [0.717, 1.165) is 28.7 Å². The van der Waals surface area contributed by atoms with Crippen molar-refractivity contribution in [3.63, 3.8) is 0 Å². The van der Waals surface area contributed by atoms with Crippen molar-refractivity contribution in [2.75, 3.05) is 45.2 Å². The Labute approximate surface area is 210 Å². The number of amides is 1. The first-order valence-electron chi connectivity index (χ1n) is 11.5. The number of aromatic nitrogens is 1. The molecule has 0 bridgehead atoms. The van der Waals surface area contributed by atoms with Gasteiger partial charge in [0.25, 0.3) is 10.0 Å². The molecule has 1 saturated heterocycles. The number of nitrogens with zero attached hydrogens (tertiary/aromatic N) is 4. The molecule has 0 N–H and O–H groups in total. The van der Waals surface area contributed by atoms with Crippen LogP contribution < -0.4 is 4.90 Å². The van der Waals surface area contributed by atoms with Crippen LogP contribution in [0.5, 0.6) is 0 Å². The lowest BCUT2D eigenvalue weighted by molar-refractivity contribution is -0.123. The molecular formula is C24H32N4O3S3. The Hall–Kier alpha value is -1.85. The van der Waals surface area contributed by atoms with Gasteiger partial charge in [0.2, 0.25) is 5.91 Å². The minimum absolute atomic E-state index is 0.0294. The zero-order valence-corrected chi connectivity index (χ0v) is 22.6. The smallest absolute Gasteiger partial charge is 0.252 e. The highest BCUT2D eigenvalue weighted by Crippen LogP contribution is 2.34. The van der Waals surface area contributed by atoms with Gasteiger partial charge in [-0.25, -0.2) is 13.4 Å². The van der Waals surface area contributed by atoms with Crippen LogP contribution in [0.15, 0.2) is 33.9 Å². The van der Waals surface area contributed by atoms with Crippen molar-refractivity contribution in [3.8, 4) is 0 Å². The van der Waals surface area contributed by atoms with Gasteiger partial charge in [-0.2, -0.15) is 4.31 Å². The Morgan fingerprint density at radius 1 is 1.21 bits per heavy atom. The lowest BCUT2D eigenvalue weighted by atomic mass is 9.98. The normalized spacial score (nSPS) is 17.5. The summed E-state index contributed by atoms with van der Waals surface area (Å²) in [5.74, 6) is -0.407. The minimum atomic E-state index is -3.57. The molecule has 0 spiro atoms. The molecule has 1 unspecified atom stereocenters. The van der Waals surface area contributed by atoms with E-state index in [4.69, 9.17) is 4.98 Å². The molecule has 34 heavy (non-hydrogen) atoms. The first-order chi connectivity index (χ1) is 16.2. The third kappa shape index (κ3) is 5.21. The van der Waals surface area contributed by atoms with E-state index >= 15 is 0 Å². The summed E-state index contributed by atoms with van der Waals surface area (Å²) in [6.07, 6.45) is 2.17. The molecule has 1 atom stereocenters. The zero-order valence-electron chi connectivity index (χ0n) is 20.2. The Kier molecular flexibility index (Phi) is 7.73. The van der Waals surface area contributed by atoms with Gasteiger partial charge in [0.05, 0.1) is 16.1 Å². The Morgan fingerprint density at radius 3 is 2.71 bits per heavy atom. The van der Waals surface area contributed by atoms with Gasteiger partial charge >= 0.3 is 0 Å². The number of fused-ring (bicyclic) bond motifs is 1. The second-order valence-electron chi connectivity index (χ2n) is 9.13. The number of sulfonamides is 1. The molecule has 1 aromatic carbocycles. The number of benzene rings is 1. The lowest BCUT2D eigenvalue weighted by Gasteiger charge is -2.33. The number of carbonyl (C=O) groups is 1. The highest BCUT2D eigenvalue weighted by molar-refractivity contribution is 7.91. The van der Waals surface area contributed by atoms with Crippen molar-refractivity contribution in [1.29, 1.82) is 0 Å². The van der Waals surface area contributed by atoms with Gasteiger partial charge in [-0.15, -0.1) is 11.3 Å². The van der Waals surface area contributed by atoms with Gasteiger partial charge in [-0.1, -0.05) is 23.5 Å². The fourth-order valence-corrected chi connectivity index (χ4v) is 8.02. The summed E-state index contributed by atoms with van der Waals surface area (Å²) < 4.78 is 29.1. The van der Waals surface area contributed by atoms with Crippen LogP contribution in [0.3, 0.4) is 0 Å². The standard InChI is InChI=1S/C24H32N4O3S3/c1-17-10-11-20-22(18(17)2)25-24(33-20)28(14-7-12-26(3)4)23(29)19-8-5-13-27(16-19)34(30,31)21-9-6-15-32-21/h6,9-11,15,19H,5,7-8,12-14,16H2,1-4H3. The van der Waals surface area contributed by atoms with Gasteiger partial charge in [-0.3, -0.25) is 9.69 Å². The SMILES string of the molecule is Cc1ccc2sc(N(CCCN(C)C)C(=O)C3CCCN(S(=O)(=O)c4cccs4)C3)nc2c1C. The Bertz CT molecular complexity index is 1250. The molecule has 1 amide bonds. The number of aryl methyl sites for hydroxylation is 2. The second kappa shape index (κ2) is 10.4. The summed E-state index contributed by atoms with van der Waals surface area (Å²) in [5, 5.41) is 2.47. The molecule has 1 aliphatic heterocycles. The molecule has 184 valence electrons. The largest absolute Gasteiger partial charge is 0.309 e. The van der Waals surface area contributed by atoms with Gasteiger partial charge in [0.15, 0.2) is 5.13 Å². The number of hydrogen-bond acceptors (Lipinski definition) is 7. The van der Waals surface area contributed by atoms with E-state index in [0.29, 0.717) is 35.3 Å². The number of anilines is 1. The molecule has 1 fully saturated rings. The molecule has 10 heteroatoms. The van der Waals surface area contributed by atoms with Crippen LogP contribution in [0.2, 0.25) is 0 Å². The summed E-state index contributed by atoms with van der Waals surface area (Å²) in [7, 11) is 0.463. The monoisotopic (exact) mass is 520 g/mol. The quantitative estimate of drug-likeness (QED) is 0.441. The van der Waals surface area contributed by atoms with Gasteiger partial charge in [-0.05, 0) is 82.4 Å². The molecular weight excluding hydrogens is 488 g/mol. The summed E-state index contributed by atoms with van der Waals surface area (Å²) in [6, 6.07) is 7.53. The summed E-state index contributed by atoms with van der Waals surface area (Å²) in [5.41, 5.74) is 3.25. The predicted molar refractivity (Wildman–Crippen MR) is 140 cm³/mol. The fourth-order valence-electron chi connectivity index (χ4n) is 4.30. The highest BCUT2D eigenvalue weighted by atomic mass is 32.2. The Morgan fingerprint density at radius 2 is 2.00 bits per heavy atom. The molecule has 2 aromatic heterocycles. The van der Waals surface area contributed by atoms with E-state index in [-0.39, 0.29) is 18.4 Å². The maximum atomic E-state index is 13.8. The first-order valence-corrected chi connectivity index (χ1v) is 14.7. The van der Waals surface area contributed by atoms with Gasteiger partial charge < -0.3 is 4.90 Å². The molecule has 0 radical (unpaired) electrons. The van der Waals surface area contributed by atoms with Crippen LogP contribution in [-0.4, -0.2) is 68.8 Å². The third-order valence-corrected chi connectivity index (χ3v) is 10.7. The fraction of sp³-hybridized carbons (Fsp3) is 0.500. The molecule has 7 nitrogen and oxygen atoms in total. The number of rotatable bonds is 8. The number of piperidine rings is 1. The number of carbonyl (C=O) groups excluding carboxylic acids is 1. The average molecular weight is 521 g/mol. The van der Waals surface area contributed by atoms with E-state index in [9.17, 15) is 13.2 Å². The van der Waals surface area contributed by atoms with Crippen LogP contribution in [0.4, 0.5) is 5.13 Å². The minimum Gasteiger partial charge on any atom is -0.309 e. The maximum Gasteiger partial charge on any atom is 0.252 e. The molecule has 3 aromatic rings. The average Bonchev–Trinajstić information content (AvgIpc) is 3.50. The van der Waals surface area contributed by atoms with Crippen molar-refractivity contribution < 1.29 is 13.2 Å². The van der Waals surface area contributed by atoms with Gasteiger partial charge in [0.1, 0.15) is 4.21 Å². The number of thiazole rings is 1. The van der Waals surface area contributed by atoms with Crippen LogP contribution >= 0.6 is 22.7 Å². The van der Waals surface area contributed by atoms with Crippen LogP contribution in [0, 0.1) is 19.8 Å². The maximum absolute atomic E-state index is 13.8. The molecule has 0 aliphatic carbocycles. The predicted octanol–water partition coefficient (Wildman–Crippen LogP) is 4.36. The van der Waals surface area contributed by atoms with Crippen molar-refractivity contribution in [2.24, 2.45) is 5.92 Å². The van der Waals surface area contributed by atoms with Crippen molar-refractivity contribution >= 4 is 54.0 Å². The van der Waals surface area contributed by atoms with E-state index < -0.39 is 10.0 Å². The van der Waals surface area contributed by atoms with Crippen molar-refractivity contribution in [1.82, 2.24) is 14.2 Å². The van der Waals surface area contributed by atoms with Crippen LogP contribution in [-0.2, 0) is 14.8 Å². The molecule has 0 saturated carbocycles. The van der Waals surface area contributed by atoms with Crippen molar-refractivity contribution in [3.05, 3.63) is 40.8 Å². The third-order valence-electron chi connectivity index (χ3n) is 6.38. The van der Waals surface area contributed by atoms with Crippen molar-refractivity contribution in [2.45, 2.75) is 37.3 Å². The molecule has 1 aliphatic rings. The topological polar surface area (TPSA) is 73.8 Å². The van der Waals surface area contributed by atoms with E-state index in [1.165, 1.54) is 32.5 Å². The zero-order chi connectivity index (χ0) is 24.5. The van der Waals surface area contributed by atoms with E-state index in [1.54, 1.807) is 22.4 Å². The lowest BCUT2D eigenvalue weighted by Crippen LogP contribution is -2.47. The second-order valence-corrected chi connectivity index (χ2v) is 13.3. The summed E-state index contributed by atoms with van der Waals surface area (Å²) >= 11 is 2.75. The first kappa shape index (κ1) is 25.2. The van der Waals surface area contributed by atoms with E-state index in [2.05, 4.69) is 30.9 Å². The summed E-state index contributed by atoms with van der Waals surface area (Å²) in [4.78, 5) is 22.6. The highest BCUT2D eigenvalue weighted by Gasteiger charge is 2.36. The number of hydrogen-bond donors (Lipinski definition) is 0. The number of thiophene rings is 1. The molecule has 3 heterocycles.